The maximum atomic E-state index is 5.55. The Morgan fingerprint density at radius 3 is 2.71 bits per heavy atom. The molecule has 0 saturated heterocycles. The van der Waals surface area contributed by atoms with Crippen molar-refractivity contribution in [2.45, 2.75) is 0 Å². The number of pyridine rings is 1. The topological polar surface area (TPSA) is 39.9 Å². The number of ether oxygens (including phenoxy) is 1. The number of rotatable bonds is 2. The summed E-state index contributed by atoms with van der Waals surface area (Å²) in [4.78, 5) is 8.88. The first-order chi connectivity index (χ1) is 10.4. The molecule has 4 heteroatoms. The summed E-state index contributed by atoms with van der Waals surface area (Å²) in [7, 11) is 1.68. The molecular weight excluding hydrogens is 262 g/mol. The second-order valence-electron chi connectivity index (χ2n) is 4.79. The Morgan fingerprint density at radius 2 is 1.81 bits per heavy atom. The number of benzene rings is 2. The quantitative estimate of drug-likeness (QED) is 0.561. The van der Waals surface area contributed by atoms with Crippen LogP contribution in [-0.2, 0) is 0 Å². The van der Waals surface area contributed by atoms with E-state index < -0.39 is 0 Å². The van der Waals surface area contributed by atoms with E-state index in [-0.39, 0.29) is 0 Å². The summed E-state index contributed by atoms with van der Waals surface area (Å²) < 4.78 is 7.60. The van der Waals surface area contributed by atoms with Crippen LogP contribution in [0.25, 0.3) is 27.6 Å². The number of fused-ring (bicyclic) bond motifs is 2. The first-order valence-electron chi connectivity index (χ1n) is 6.72. The predicted molar refractivity (Wildman–Crippen MR) is 82.9 cm³/mol. The molecule has 4 aromatic rings. The van der Waals surface area contributed by atoms with Gasteiger partial charge in [-0.1, -0.05) is 12.1 Å². The molecule has 0 aliphatic rings. The van der Waals surface area contributed by atoms with Crippen molar-refractivity contribution in [1.29, 1.82) is 0 Å². The zero-order chi connectivity index (χ0) is 14.2. The largest absolute Gasteiger partial charge is 0.495 e. The van der Waals surface area contributed by atoms with Crippen LogP contribution < -0.4 is 4.74 Å². The average Bonchev–Trinajstić information content (AvgIpc) is 2.97. The Balaban J connectivity index is 2.14. The second kappa shape index (κ2) is 4.59. The lowest BCUT2D eigenvalue weighted by Gasteiger charge is -2.13. The molecule has 4 rings (SSSR count). The maximum absolute atomic E-state index is 5.55. The van der Waals surface area contributed by atoms with Gasteiger partial charge >= 0.3 is 0 Å². The summed E-state index contributed by atoms with van der Waals surface area (Å²) in [5, 5.41) is 1.04. The van der Waals surface area contributed by atoms with Crippen molar-refractivity contribution < 1.29 is 4.74 Å². The number of imidazole rings is 1. The molecule has 0 atom stereocenters. The SMILES string of the molecule is COc1ccc2ncccc2c1-n1cnc2ccccc21. The molecule has 21 heavy (non-hydrogen) atoms. The number of nitrogens with zero attached hydrogens (tertiary/aromatic N) is 3. The Labute approximate surface area is 121 Å². The van der Waals surface area contributed by atoms with E-state index in [1.54, 1.807) is 13.3 Å². The van der Waals surface area contributed by atoms with E-state index in [2.05, 4.69) is 26.7 Å². The number of para-hydroxylation sites is 2. The Kier molecular flexibility index (Phi) is 2.60. The smallest absolute Gasteiger partial charge is 0.143 e. The highest BCUT2D eigenvalue weighted by atomic mass is 16.5. The van der Waals surface area contributed by atoms with Crippen LogP contribution in [0.4, 0.5) is 0 Å². The van der Waals surface area contributed by atoms with Crippen molar-refractivity contribution >= 4 is 21.9 Å². The number of hydrogen-bond acceptors (Lipinski definition) is 3. The fourth-order valence-electron chi connectivity index (χ4n) is 2.67. The molecule has 0 saturated carbocycles. The van der Waals surface area contributed by atoms with Crippen LogP contribution in [0.15, 0.2) is 61.1 Å². The lowest BCUT2D eigenvalue weighted by Crippen LogP contribution is -1.98. The van der Waals surface area contributed by atoms with E-state index in [4.69, 9.17) is 4.74 Å². The highest BCUT2D eigenvalue weighted by Gasteiger charge is 2.13. The second-order valence-corrected chi connectivity index (χ2v) is 4.79. The van der Waals surface area contributed by atoms with Gasteiger partial charge in [-0.15, -0.1) is 0 Å². The minimum absolute atomic E-state index is 0.804. The van der Waals surface area contributed by atoms with Gasteiger partial charge in [0.05, 0.1) is 29.3 Å². The highest BCUT2D eigenvalue weighted by Crippen LogP contribution is 2.32. The molecule has 0 unspecified atom stereocenters. The van der Waals surface area contributed by atoms with Crippen molar-refractivity contribution in [3.8, 4) is 11.4 Å². The molecule has 0 amide bonds. The van der Waals surface area contributed by atoms with E-state index >= 15 is 0 Å². The molecule has 102 valence electrons. The lowest BCUT2D eigenvalue weighted by atomic mass is 10.1. The molecule has 0 aliphatic heterocycles. The molecular formula is C17H13N3O. The van der Waals surface area contributed by atoms with Gasteiger partial charge in [-0.25, -0.2) is 4.98 Å². The van der Waals surface area contributed by atoms with Crippen molar-refractivity contribution in [3.05, 3.63) is 61.1 Å². The Bertz CT molecular complexity index is 943. The van der Waals surface area contributed by atoms with Gasteiger partial charge in [0.25, 0.3) is 0 Å². The van der Waals surface area contributed by atoms with Crippen LogP contribution >= 0.6 is 0 Å². The van der Waals surface area contributed by atoms with Gasteiger partial charge in [-0.2, -0.15) is 0 Å². The van der Waals surface area contributed by atoms with Gasteiger partial charge in [0.2, 0.25) is 0 Å². The summed E-state index contributed by atoms with van der Waals surface area (Å²) in [5.41, 5.74) is 3.91. The molecule has 4 nitrogen and oxygen atoms in total. The zero-order valence-electron chi connectivity index (χ0n) is 11.5. The van der Waals surface area contributed by atoms with Crippen molar-refractivity contribution in [2.24, 2.45) is 0 Å². The molecule has 0 fully saturated rings. The molecule has 0 radical (unpaired) electrons. The van der Waals surface area contributed by atoms with Crippen LogP contribution in [0.1, 0.15) is 0 Å². The zero-order valence-corrected chi connectivity index (χ0v) is 11.5. The van der Waals surface area contributed by atoms with E-state index in [0.717, 1.165) is 33.4 Å². The van der Waals surface area contributed by atoms with E-state index in [0.29, 0.717) is 0 Å². The minimum Gasteiger partial charge on any atom is -0.495 e. The third-order valence-electron chi connectivity index (χ3n) is 3.63. The Morgan fingerprint density at radius 1 is 0.905 bits per heavy atom. The first kappa shape index (κ1) is 11.9. The molecule has 0 bridgehead atoms. The van der Waals surface area contributed by atoms with E-state index in [9.17, 15) is 0 Å². The van der Waals surface area contributed by atoms with Crippen molar-refractivity contribution in [2.75, 3.05) is 7.11 Å². The molecule has 2 heterocycles. The summed E-state index contributed by atoms with van der Waals surface area (Å²) >= 11 is 0. The van der Waals surface area contributed by atoms with Gasteiger partial charge in [0.15, 0.2) is 0 Å². The number of aromatic nitrogens is 3. The predicted octanol–water partition coefficient (Wildman–Crippen LogP) is 3.58. The lowest BCUT2D eigenvalue weighted by molar-refractivity contribution is 0.414. The monoisotopic (exact) mass is 275 g/mol. The van der Waals surface area contributed by atoms with Crippen LogP contribution in [0.5, 0.6) is 5.75 Å². The fourth-order valence-corrected chi connectivity index (χ4v) is 2.67. The molecule has 0 N–H and O–H groups in total. The number of methoxy groups -OCH3 is 1. The molecule has 2 aromatic heterocycles. The van der Waals surface area contributed by atoms with Crippen molar-refractivity contribution in [3.63, 3.8) is 0 Å². The van der Waals surface area contributed by atoms with E-state index in [1.165, 1.54) is 0 Å². The van der Waals surface area contributed by atoms with Gasteiger partial charge in [0.1, 0.15) is 12.1 Å². The third-order valence-corrected chi connectivity index (χ3v) is 3.63. The van der Waals surface area contributed by atoms with Crippen LogP contribution in [-0.4, -0.2) is 21.6 Å². The van der Waals surface area contributed by atoms with Crippen LogP contribution in [0, 0.1) is 0 Å². The van der Waals surface area contributed by atoms with Gasteiger partial charge < -0.3 is 4.74 Å². The molecule has 0 spiro atoms. The van der Waals surface area contributed by atoms with Gasteiger partial charge in [0, 0.05) is 11.6 Å². The summed E-state index contributed by atoms with van der Waals surface area (Å²) in [6.45, 7) is 0. The maximum Gasteiger partial charge on any atom is 0.143 e. The highest BCUT2D eigenvalue weighted by molar-refractivity contribution is 5.92. The van der Waals surface area contributed by atoms with Crippen LogP contribution in [0.2, 0.25) is 0 Å². The van der Waals surface area contributed by atoms with E-state index in [1.807, 2.05) is 42.7 Å². The summed E-state index contributed by atoms with van der Waals surface area (Å²) in [5.74, 6) is 0.804. The summed E-state index contributed by atoms with van der Waals surface area (Å²) in [6, 6.07) is 16.0. The Hall–Kier alpha value is -2.88. The van der Waals surface area contributed by atoms with Gasteiger partial charge in [-0.05, 0) is 36.4 Å². The van der Waals surface area contributed by atoms with Crippen molar-refractivity contribution in [1.82, 2.24) is 14.5 Å². The fraction of sp³-hybridized carbons (Fsp3) is 0.0588. The minimum atomic E-state index is 0.804. The number of hydrogen-bond donors (Lipinski definition) is 0. The standard InChI is InChI=1S/C17H13N3O/c1-21-16-9-8-13-12(5-4-10-18-13)17(16)20-11-19-14-6-2-3-7-15(14)20/h2-11H,1H3. The van der Waals surface area contributed by atoms with Gasteiger partial charge in [-0.3, -0.25) is 9.55 Å². The normalized spacial score (nSPS) is 11.1. The molecule has 2 aromatic carbocycles. The molecule has 0 aliphatic carbocycles. The third kappa shape index (κ3) is 1.76. The summed E-state index contributed by atoms with van der Waals surface area (Å²) in [6.07, 6.45) is 3.62. The average molecular weight is 275 g/mol. The van der Waals surface area contributed by atoms with Crippen LogP contribution in [0.3, 0.4) is 0 Å². The first-order valence-corrected chi connectivity index (χ1v) is 6.72.